The molecule has 10 heteroatoms. The maximum atomic E-state index is 11.9. The minimum atomic E-state index is -1.04. The number of nitrogens with one attached hydrogen (secondary N) is 1. The topological polar surface area (TPSA) is 125 Å². The van der Waals surface area contributed by atoms with Gasteiger partial charge in [0.2, 0.25) is 0 Å². The maximum absolute atomic E-state index is 11.9. The number of H-pyrrole nitrogens is 1. The molecule has 1 aliphatic rings. The van der Waals surface area contributed by atoms with E-state index in [-0.39, 0.29) is 20.5 Å². The molecular weight excluding hydrogens is 510 g/mol. The molecule has 8 nitrogen and oxygen atoms in total. The first-order chi connectivity index (χ1) is 9.85. The maximum Gasteiger partial charge on any atom is 0.330 e. The van der Waals surface area contributed by atoms with Crippen molar-refractivity contribution >= 4 is 45.2 Å². The number of alkyl halides is 2. The van der Waals surface area contributed by atoms with E-state index < -0.39 is 35.8 Å². The van der Waals surface area contributed by atoms with Gasteiger partial charge in [0.1, 0.15) is 18.4 Å². The third kappa shape index (κ3) is 3.67. The summed E-state index contributed by atoms with van der Waals surface area (Å²) in [5, 5.41) is 28.8. The Morgan fingerprint density at radius 1 is 1.48 bits per heavy atom. The second-order valence-electron chi connectivity index (χ2n) is 4.65. The average Bonchev–Trinajstić information content (AvgIpc) is 2.79. The van der Waals surface area contributed by atoms with E-state index in [9.17, 15) is 19.8 Å². The fourth-order valence-electron chi connectivity index (χ4n) is 2.11. The lowest BCUT2D eigenvalue weighted by molar-refractivity contribution is -0.0461. The third-order valence-electron chi connectivity index (χ3n) is 3.25. The summed E-state index contributed by atoms with van der Waals surface area (Å²) in [4.78, 5) is 25.8. The molecule has 0 amide bonds. The largest absolute Gasteiger partial charge is 0.394 e. The van der Waals surface area contributed by atoms with E-state index >= 15 is 0 Å². The van der Waals surface area contributed by atoms with E-state index in [1.165, 1.54) is 6.20 Å². The lowest BCUT2D eigenvalue weighted by atomic mass is 10.2. The van der Waals surface area contributed by atoms with Gasteiger partial charge >= 0.3 is 5.69 Å². The van der Waals surface area contributed by atoms with Crippen molar-refractivity contribution in [2.75, 3.05) is 6.61 Å². The van der Waals surface area contributed by atoms with Crippen LogP contribution in [0.1, 0.15) is 24.3 Å². The van der Waals surface area contributed by atoms with E-state index in [1.54, 1.807) is 0 Å². The summed E-state index contributed by atoms with van der Waals surface area (Å²) in [5.74, 6) is 0. The van der Waals surface area contributed by atoms with Crippen molar-refractivity contribution in [3.05, 3.63) is 32.6 Å². The summed E-state index contributed by atoms with van der Waals surface area (Å²) in [6, 6.07) is 0. The van der Waals surface area contributed by atoms with E-state index in [0.29, 0.717) is 0 Å². The number of hydrogen-bond donors (Lipinski definition) is 4. The highest BCUT2D eigenvalue weighted by Crippen LogP contribution is 2.29. The van der Waals surface area contributed by atoms with Gasteiger partial charge in [0.25, 0.3) is 5.56 Å². The zero-order chi connectivity index (χ0) is 15.7. The van der Waals surface area contributed by atoms with Crippen LogP contribution in [0.4, 0.5) is 0 Å². The van der Waals surface area contributed by atoms with Crippen LogP contribution in [-0.4, -0.2) is 45.6 Å². The Morgan fingerprint density at radius 2 is 2.14 bits per heavy atom. The molecule has 1 aromatic heterocycles. The van der Waals surface area contributed by atoms with Crippen molar-refractivity contribution in [3.8, 4) is 0 Å². The van der Waals surface area contributed by atoms with Gasteiger partial charge in [-0.1, -0.05) is 45.2 Å². The normalized spacial score (nSPS) is 27.2. The predicted molar refractivity (Wildman–Crippen MR) is 89.7 cm³/mol. The number of nitrogens with zero attached hydrogens (tertiary/aromatic N) is 1. The van der Waals surface area contributed by atoms with Crippen LogP contribution >= 0.6 is 45.2 Å². The molecule has 2 rings (SSSR count). The van der Waals surface area contributed by atoms with Gasteiger partial charge in [-0.05, 0) is 0 Å². The second kappa shape index (κ2) is 7.04. The van der Waals surface area contributed by atoms with Gasteiger partial charge in [-0.3, -0.25) is 14.3 Å². The first-order valence-electron chi connectivity index (χ1n) is 6.11. The molecule has 21 heavy (non-hydrogen) atoms. The molecule has 0 aliphatic carbocycles. The molecule has 1 fully saturated rings. The van der Waals surface area contributed by atoms with Gasteiger partial charge in [0, 0.05) is 12.6 Å². The number of halogens is 2. The zero-order valence-electron chi connectivity index (χ0n) is 10.6. The molecule has 0 bridgehead atoms. The summed E-state index contributed by atoms with van der Waals surface area (Å²) in [5.41, 5.74) is -1.29. The molecule has 1 unspecified atom stereocenters. The molecule has 0 spiro atoms. The van der Waals surface area contributed by atoms with E-state index in [2.05, 4.69) is 4.98 Å². The monoisotopic (exact) mass is 524 g/mol. The van der Waals surface area contributed by atoms with Gasteiger partial charge in [-0.2, -0.15) is 0 Å². The van der Waals surface area contributed by atoms with Crippen LogP contribution in [0.2, 0.25) is 0 Å². The van der Waals surface area contributed by atoms with Crippen LogP contribution in [0, 0.1) is 0 Å². The van der Waals surface area contributed by atoms with Crippen molar-refractivity contribution in [3.63, 3.8) is 0 Å². The SMILES string of the molecule is O=c1[nH]c(=O)n([C@H]2C[C@H](O)[C@@H](CO)O2)cc1C(O)C(I)I. The molecule has 2 heterocycles. The molecular formula is C11H14I2N2O6. The van der Waals surface area contributed by atoms with Crippen molar-refractivity contribution in [2.45, 2.75) is 32.9 Å². The van der Waals surface area contributed by atoms with Gasteiger partial charge in [0.15, 0.2) is 0 Å². The smallest absolute Gasteiger partial charge is 0.330 e. The molecule has 0 saturated carbocycles. The summed E-state index contributed by atoms with van der Waals surface area (Å²) in [7, 11) is 0. The lowest BCUT2D eigenvalue weighted by Crippen LogP contribution is -2.35. The van der Waals surface area contributed by atoms with Crippen LogP contribution < -0.4 is 11.2 Å². The highest BCUT2D eigenvalue weighted by Gasteiger charge is 2.35. The Hall–Kier alpha value is -0.0200. The highest BCUT2D eigenvalue weighted by atomic mass is 127. The van der Waals surface area contributed by atoms with Crippen molar-refractivity contribution in [1.29, 1.82) is 0 Å². The molecule has 1 aliphatic heterocycles. The summed E-state index contributed by atoms with van der Waals surface area (Å²) in [6.07, 6.45) is -2.15. The van der Waals surface area contributed by atoms with Crippen LogP contribution in [0.3, 0.4) is 0 Å². The van der Waals surface area contributed by atoms with E-state index in [0.717, 1.165) is 4.57 Å². The summed E-state index contributed by atoms with van der Waals surface area (Å²) >= 11 is 3.92. The van der Waals surface area contributed by atoms with Crippen molar-refractivity contribution < 1.29 is 20.1 Å². The van der Waals surface area contributed by atoms with Crippen LogP contribution in [-0.2, 0) is 4.74 Å². The third-order valence-corrected chi connectivity index (χ3v) is 4.61. The van der Waals surface area contributed by atoms with Crippen molar-refractivity contribution in [1.82, 2.24) is 9.55 Å². The second-order valence-corrected chi connectivity index (χ2v) is 9.71. The number of ether oxygens (including phenoxy) is 1. The van der Waals surface area contributed by atoms with Gasteiger partial charge in [-0.25, -0.2) is 4.79 Å². The number of aromatic amines is 1. The Morgan fingerprint density at radius 3 is 2.67 bits per heavy atom. The Bertz CT molecular complexity index is 615. The van der Waals surface area contributed by atoms with Crippen molar-refractivity contribution in [2.24, 2.45) is 0 Å². The fourth-order valence-corrected chi connectivity index (χ4v) is 2.89. The molecule has 1 saturated heterocycles. The lowest BCUT2D eigenvalue weighted by Gasteiger charge is -2.17. The van der Waals surface area contributed by atoms with Crippen LogP contribution in [0.25, 0.3) is 0 Å². The molecule has 118 valence electrons. The molecule has 0 aromatic carbocycles. The fraction of sp³-hybridized carbons (Fsp3) is 0.636. The van der Waals surface area contributed by atoms with E-state index in [4.69, 9.17) is 9.84 Å². The number of rotatable bonds is 4. The minimum absolute atomic E-state index is 0.0499. The Kier molecular flexibility index (Phi) is 5.81. The van der Waals surface area contributed by atoms with Crippen LogP contribution in [0.15, 0.2) is 15.8 Å². The van der Waals surface area contributed by atoms with Gasteiger partial charge < -0.3 is 20.1 Å². The molecule has 4 atom stereocenters. The number of aliphatic hydroxyl groups excluding tert-OH is 3. The predicted octanol–water partition coefficient (Wildman–Crippen LogP) is -0.593. The molecule has 1 aromatic rings. The molecule has 0 radical (unpaired) electrons. The van der Waals surface area contributed by atoms with Gasteiger partial charge in [0.05, 0.1) is 20.2 Å². The first-order valence-corrected chi connectivity index (χ1v) is 8.60. The first kappa shape index (κ1) is 17.3. The quantitative estimate of drug-likeness (QED) is 0.309. The standard InChI is InChI=1S/C11H14I2N2O6/c12-9(13)8(18)4-2-15(11(20)14-10(4)19)7-1-5(17)6(3-16)21-7/h2,5-9,16-18H,1,3H2,(H,14,19,20)/t5-,6+,7+,8?/m0/s1. The number of aliphatic hydroxyl groups is 3. The molecule has 4 N–H and O–H groups in total. The Labute approximate surface area is 146 Å². The zero-order valence-corrected chi connectivity index (χ0v) is 15.0. The van der Waals surface area contributed by atoms with Gasteiger partial charge in [-0.15, -0.1) is 0 Å². The van der Waals surface area contributed by atoms with Crippen LogP contribution in [0.5, 0.6) is 0 Å². The Balaban J connectivity index is 2.39. The summed E-state index contributed by atoms with van der Waals surface area (Å²) < 4.78 is 6.24. The average molecular weight is 524 g/mol. The van der Waals surface area contributed by atoms with E-state index in [1.807, 2.05) is 45.2 Å². The number of hydrogen-bond acceptors (Lipinski definition) is 6. The summed E-state index contributed by atoms with van der Waals surface area (Å²) in [6.45, 7) is -0.366. The minimum Gasteiger partial charge on any atom is -0.394 e. The highest BCUT2D eigenvalue weighted by molar-refractivity contribution is 14.2. The number of aromatic nitrogens is 2.